The molecule has 0 saturated heterocycles. The van der Waals surface area contributed by atoms with Crippen LogP contribution in [0.3, 0.4) is 0 Å². The molecule has 0 bridgehead atoms. The number of aromatic nitrogens is 1. The lowest BCUT2D eigenvalue weighted by Gasteiger charge is -2.20. The second kappa shape index (κ2) is 4.78. The molecule has 0 radical (unpaired) electrons. The standard InChI is InChI=1S/C16H18N2O2/c1-11-13-6-3-4-7-15(13)18(20)16-8-5-9-17(12(2)19)10-14(11)16/h3-4,6-7H,5,8-10H2,1-2H3. The van der Waals surface area contributed by atoms with E-state index in [0.717, 1.165) is 51.8 Å². The van der Waals surface area contributed by atoms with E-state index in [2.05, 4.69) is 0 Å². The van der Waals surface area contributed by atoms with Crippen molar-refractivity contribution in [3.63, 3.8) is 0 Å². The van der Waals surface area contributed by atoms with Gasteiger partial charge in [-0.3, -0.25) is 4.79 Å². The number of amides is 1. The van der Waals surface area contributed by atoms with Gasteiger partial charge in [0.15, 0.2) is 5.69 Å². The van der Waals surface area contributed by atoms with Crippen molar-refractivity contribution < 1.29 is 9.52 Å². The molecule has 0 unspecified atom stereocenters. The molecule has 2 aromatic rings. The van der Waals surface area contributed by atoms with Gasteiger partial charge >= 0.3 is 0 Å². The summed E-state index contributed by atoms with van der Waals surface area (Å²) < 4.78 is 1.06. The number of carbonyl (C=O) groups is 1. The van der Waals surface area contributed by atoms with Gasteiger partial charge in [-0.1, -0.05) is 12.1 Å². The van der Waals surface area contributed by atoms with Crippen LogP contribution in [0.5, 0.6) is 0 Å². The lowest BCUT2D eigenvalue weighted by molar-refractivity contribution is -0.586. The number of carbonyl (C=O) groups excluding carboxylic acids is 1. The van der Waals surface area contributed by atoms with Gasteiger partial charge in [0, 0.05) is 31.5 Å². The Labute approximate surface area is 118 Å². The minimum atomic E-state index is 0.0721. The fraction of sp³-hybridized carbons (Fsp3) is 0.375. The molecule has 4 nitrogen and oxygen atoms in total. The summed E-state index contributed by atoms with van der Waals surface area (Å²) in [7, 11) is 0. The first-order valence-electron chi connectivity index (χ1n) is 6.97. The van der Waals surface area contributed by atoms with Gasteiger partial charge in [-0.2, -0.15) is 4.73 Å². The molecule has 20 heavy (non-hydrogen) atoms. The minimum absolute atomic E-state index is 0.0721. The van der Waals surface area contributed by atoms with Gasteiger partial charge in [-0.15, -0.1) is 0 Å². The maximum Gasteiger partial charge on any atom is 0.224 e. The summed E-state index contributed by atoms with van der Waals surface area (Å²) in [6.45, 7) is 4.90. The molecule has 0 fully saturated rings. The molecular formula is C16H18N2O2. The van der Waals surface area contributed by atoms with Crippen LogP contribution in [0, 0.1) is 12.1 Å². The molecule has 0 N–H and O–H groups in total. The Morgan fingerprint density at radius 3 is 2.85 bits per heavy atom. The second-order valence-corrected chi connectivity index (χ2v) is 5.41. The average Bonchev–Trinajstić information content (AvgIpc) is 2.68. The molecule has 1 amide bonds. The maximum absolute atomic E-state index is 12.6. The zero-order valence-corrected chi connectivity index (χ0v) is 11.8. The van der Waals surface area contributed by atoms with E-state index in [4.69, 9.17) is 0 Å². The highest BCUT2D eigenvalue weighted by Gasteiger charge is 2.26. The van der Waals surface area contributed by atoms with E-state index in [0.29, 0.717) is 6.54 Å². The predicted octanol–water partition coefficient (Wildman–Crippen LogP) is 2.08. The van der Waals surface area contributed by atoms with Crippen molar-refractivity contribution in [2.45, 2.75) is 33.2 Å². The van der Waals surface area contributed by atoms with Gasteiger partial charge in [-0.25, -0.2) is 0 Å². The van der Waals surface area contributed by atoms with Gasteiger partial charge in [0.1, 0.15) is 0 Å². The number of pyridine rings is 1. The van der Waals surface area contributed by atoms with Crippen LogP contribution in [0.2, 0.25) is 0 Å². The van der Waals surface area contributed by atoms with Gasteiger partial charge < -0.3 is 10.1 Å². The van der Waals surface area contributed by atoms with Gasteiger partial charge in [0.25, 0.3) is 0 Å². The van der Waals surface area contributed by atoms with Crippen molar-refractivity contribution in [1.82, 2.24) is 4.90 Å². The fourth-order valence-electron chi connectivity index (χ4n) is 3.05. The third kappa shape index (κ3) is 1.92. The third-order valence-electron chi connectivity index (χ3n) is 4.21. The monoisotopic (exact) mass is 270 g/mol. The molecule has 4 heteroatoms. The zero-order chi connectivity index (χ0) is 14.3. The predicted molar refractivity (Wildman–Crippen MR) is 77.1 cm³/mol. The summed E-state index contributed by atoms with van der Waals surface area (Å²) in [6, 6.07) is 7.67. The number of benzene rings is 1. The third-order valence-corrected chi connectivity index (χ3v) is 4.21. The van der Waals surface area contributed by atoms with E-state index < -0.39 is 0 Å². The van der Waals surface area contributed by atoms with E-state index in [9.17, 15) is 10.0 Å². The van der Waals surface area contributed by atoms with Gasteiger partial charge in [-0.05, 0) is 25.0 Å². The minimum Gasteiger partial charge on any atom is -0.618 e. The highest BCUT2D eigenvalue weighted by Crippen LogP contribution is 2.25. The second-order valence-electron chi connectivity index (χ2n) is 5.41. The topological polar surface area (TPSA) is 47.2 Å². The highest BCUT2D eigenvalue weighted by molar-refractivity contribution is 5.81. The van der Waals surface area contributed by atoms with Crippen LogP contribution in [0.1, 0.15) is 30.2 Å². The van der Waals surface area contributed by atoms with Gasteiger partial charge in [0.05, 0.1) is 11.9 Å². The first kappa shape index (κ1) is 12.9. The summed E-state index contributed by atoms with van der Waals surface area (Å²) in [4.78, 5) is 13.5. The van der Waals surface area contributed by atoms with Crippen LogP contribution < -0.4 is 4.73 Å². The Hall–Kier alpha value is -2.10. The Bertz CT molecular complexity index is 694. The van der Waals surface area contributed by atoms with Crippen LogP contribution in [0.15, 0.2) is 24.3 Å². The molecule has 0 aliphatic carbocycles. The summed E-state index contributed by atoms with van der Waals surface area (Å²) in [5.74, 6) is 0.0721. The Morgan fingerprint density at radius 1 is 1.35 bits per heavy atom. The summed E-state index contributed by atoms with van der Waals surface area (Å²) in [5, 5.41) is 13.5. The molecule has 3 rings (SSSR count). The van der Waals surface area contributed by atoms with Gasteiger partial charge in [0.2, 0.25) is 11.4 Å². The maximum atomic E-state index is 12.6. The zero-order valence-electron chi connectivity index (χ0n) is 11.8. The quantitative estimate of drug-likeness (QED) is 0.543. The lowest BCUT2D eigenvalue weighted by Crippen LogP contribution is -2.35. The number of para-hydroxylation sites is 1. The first-order valence-corrected chi connectivity index (χ1v) is 6.97. The lowest BCUT2D eigenvalue weighted by atomic mass is 10.00. The van der Waals surface area contributed by atoms with Crippen molar-refractivity contribution in [1.29, 1.82) is 0 Å². The van der Waals surface area contributed by atoms with E-state index in [-0.39, 0.29) is 5.91 Å². The van der Waals surface area contributed by atoms with E-state index >= 15 is 0 Å². The molecule has 0 atom stereocenters. The van der Waals surface area contributed by atoms with Crippen LogP contribution >= 0.6 is 0 Å². The molecular weight excluding hydrogens is 252 g/mol. The molecule has 1 aromatic carbocycles. The van der Waals surface area contributed by atoms with Crippen molar-refractivity contribution in [2.75, 3.05) is 6.54 Å². The number of rotatable bonds is 0. The molecule has 2 heterocycles. The summed E-state index contributed by atoms with van der Waals surface area (Å²) >= 11 is 0. The number of nitrogens with zero attached hydrogens (tertiary/aromatic N) is 2. The molecule has 1 aromatic heterocycles. The van der Waals surface area contributed by atoms with Crippen LogP contribution in [0.4, 0.5) is 0 Å². The number of aryl methyl sites for hydroxylation is 1. The molecule has 0 saturated carbocycles. The van der Waals surface area contributed by atoms with E-state index in [1.165, 1.54) is 0 Å². The van der Waals surface area contributed by atoms with E-state index in [1.807, 2.05) is 36.1 Å². The smallest absolute Gasteiger partial charge is 0.224 e. The normalized spacial score (nSPS) is 15.0. The van der Waals surface area contributed by atoms with E-state index in [1.54, 1.807) is 6.92 Å². The van der Waals surface area contributed by atoms with Crippen molar-refractivity contribution in [2.24, 2.45) is 0 Å². The van der Waals surface area contributed by atoms with Crippen molar-refractivity contribution >= 4 is 16.8 Å². The molecule has 104 valence electrons. The number of hydrogen-bond donors (Lipinski definition) is 0. The SMILES string of the molecule is CC(=O)N1CCCc2c(c(C)c3ccccc3[n+]2[O-])C1. The van der Waals surface area contributed by atoms with Crippen molar-refractivity contribution in [3.05, 3.63) is 46.3 Å². The Morgan fingerprint density at radius 2 is 2.10 bits per heavy atom. The van der Waals surface area contributed by atoms with Crippen LogP contribution in [-0.2, 0) is 17.8 Å². The average molecular weight is 270 g/mol. The van der Waals surface area contributed by atoms with Crippen molar-refractivity contribution in [3.8, 4) is 0 Å². The van der Waals surface area contributed by atoms with Crippen LogP contribution in [-0.4, -0.2) is 17.4 Å². The fourth-order valence-corrected chi connectivity index (χ4v) is 3.05. The first-order chi connectivity index (χ1) is 9.59. The summed E-state index contributed by atoms with van der Waals surface area (Å²) in [6.07, 6.45) is 1.57. The number of fused-ring (bicyclic) bond motifs is 2. The molecule has 1 aliphatic heterocycles. The van der Waals surface area contributed by atoms with Crippen LogP contribution in [0.25, 0.3) is 10.9 Å². The Kier molecular flexibility index (Phi) is 3.08. The molecule has 1 aliphatic rings. The number of hydrogen-bond acceptors (Lipinski definition) is 2. The summed E-state index contributed by atoms with van der Waals surface area (Å²) in [5.41, 5.74) is 3.69. The highest BCUT2D eigenvalue weighted by atomic mass is 16.5. The molecule has 0 spiro atoms. The Balaban J connectivity index is 2.25. The largest absolute Gasteiger partial charge is 0.618 e.